The lowest BCUT2D eigenvalue weighted by atomic mass is 9.93. The summed E-state index contributed by atoms with van der Waals surface area (Å²) in [6.45, 7) is 9.37. The topological polar surface area (TPSA) is 51.0 Å². The minimum atomic E-state index is 0.139. The molecule has 2 heterocycles. The van der Waals surface area contributed by atoms with Gasteiger partial charge < -0.3 is 0 Å². The third-order valence-electron chi connectivity index (χ3n) is 7.05. The zero-order chi connectivity index (χ0) is 26.7. The van der Waals surface area contributed by atoms with Crippen molar-refractivity contribution in [3.05, 3.63) is 93.8 Å². The highest BCUT2D eigenvalue weighted by Gasteiger charge is 2.26. The number of carbonyl (C=O) groups is 1. The fourth-order valence-electron chi connectivity index (χ4n) is 5.04. The Morgan fingerprint density at radius 3 is 1.82 bits per heavy atom. The Hall–Kier alpha value is -3.31. The summed E-state index contributed by atoms with van der Waals surface area (Å²) >= 11 is 0. The maximum absolute atomic E-state index is 13.6. The Morgan fingerprint density at radius 2 is 1.32 bits per heavy atom. The molecule has 0 radical (unpaired) electrons. The summed E-state index contributed by atoms with van der Waals surface area (Å²) in [7, 11) is 0. The normalized spacial score (nSPS) is 16.6. The van der Waals surface area contributed by atoms with Crippen LogP contribution in [0.2, 0.25) is 0 Å². The van der Waals surface area contributed by atoms with Crippen molar-refractivity contribution < 1.29 is 4.79 Å². The highest BCUT2D eigenvalue weighted by molar-refractivity contribution is 6.14. The molecule has 1 aliphatic rings. The molecule has 200 valence electrons. The second kappa shape index (κ2) is 14.0. The maximum Gasteiger partial charge on any atom is 0.187 e. The molecular weight excluding hydrogens is 468 g/mol. The molecule has 0 amide bonds. The van der Waals surface area contributed by atoms with Gasteiger partial charge in [0.25, 0.3) is 0 Å². The van der Waals surface area contributed by atoms with Crippen LogP contribution in [-0.2, 0) is 30.7 Å². The summed E-state index contributed by atoms with van der Waals surface area (Å²) < 4.78 is 1.95. The minimum absolute atomic E-state index is 0.139. The van der Waals surface area contributed by atoms with Crippen LogP contribution in [0.5, 0.6) is 0 Å². The second-order valence-corrected chi connectivity index (χ2v) is 10.5. The van der Waals surface area contributed by atoms with Crippen LogP contribution >= 0.6 is 0 Å². The van der Waals surface area contributed by atoms with Crippen molar-refractivity contribution >= 4 is 17.9 Å². The van der Waals surface area contributed by atoms with E-state index in [0.717, 1.165) is 66.6 Å². The van der Waals surface area contributed by atoms with E-state index in [9.17, 15) is 4.79 Å². The van der Waals surface area contributed by atoms with E-state index in [1.165, 1.54) is 24.0 Å². The first-order valence-corrected chi connectivity index (χ1v) is 14.3. The molecule has 5 nitrogen and oxygen atoms in total. The van der Waals surface area contributed by atoms with Gasteiger partial charge in [0.15, 0.2) is 5.78 Å². The van der Waals surface area contributed by atoms with Crippen molar-refractivity contribution in [2.45, 2.75) is 78.8 Å². The highest BCUT2D eigenvalue weighted by atomic mass is 16.1. The number of piperidine rings is 1. The van der Waals surface area contributed by atoms with Crippen LogP contribution < -0.4 is 0 Å². The number of ketones is 1. The molecule has 0 bridgehead atoms. The molecule has 0 spiro atoms. The van der Waals surface area contributed by atoms with E-state index in [-0.39, 0.29) is 5.78 Å². The van der Waals surface area contributed by atoms with Crippen molar-refractivity contribution in [1.82, 2.24) is 19.9 Å². The Bertz CT molecular complexity index is 1160. The van der Waals surface area contributed by atoms with Gasteiger partial charge in [-0.3, -0.25) is 14.4 Å². The summed E-state index contributed by atoms with van der Waals surface area (Å²) in [5, 5.41) is 8.76. The molecule has 1 aromatic heterocycles. The predicted molar refractivity (Wildman–Crippen MR) is 157 cm³/mol. The summed E-state index contributed by atoms with van der Waals surface area (Å²) in [6, 6.07) is 17.2. The molecule has 1 aliphatic heterocycles. The van der Waals surface area contributed by atoms with Crippen molar-refractivity contribution in [2.75, 3.05) is 13.1 Å². The SMILES string of the molecule is CCCCCn1cc(CN2C/C(=C/c3ccc(CCC)cc3)C(=O)/C(=C/c3ccc(CCC)cc3)C2)nn1. The first-order valence-electron chi connectivity index (χ1n) is 14.3. The first kappa shape index (κ1) is 27.7. The lowest BCUT2D eigenvalue weighted by molar-refractivity contribution is -0.113. The zero-order valence-electron chi connectivity index (χ0n) is 23.3. The Balaban J connectivity index is 1.57. The Labute approximate surface area is 228 Å². The van der Waals surface area contributed by atoms with Crippen LogP contribution in [0.15, 0.2) is 65.9 Å². The van der Waals surface area contributed by atoms with Gasteiger partial charge in [-0.25, -0.2) is 0 Å². The lowest BCUT2D eigenvalue weighted by Gasteiger charge is -2.29. The molecule has 3 aromatic rings. The molecule has 38 heavy (non-hydrogen) atoms. The van der Waals surface area contributed by atoms with Gasteiger partial charge >= 0.3 is 0 Å². The van der Waals surface area contributed by atoms with Gasteiger partial charge in [-0.05, 0) is 53.7 Å². The number of carbonyl (C=O) groups excluding carboxylic acids is 1. The minimum Gasteiger partial charge on any atom is -0.289 e. The zero-order valence-corrected chi connectivity index (χ0v) is 23.3. The van der Waals surface area contributed by atoms with Crippen molar-refractivity contribution in [1.29, 1.82) is 0 Å². The predicted octanol–water partition coefficient (Wildman–Crippen LogP) is 6.93. The number of unbranched alkanes of at least 4 members (excludes halogenated alkanes) is 2. The van der Waals surface area contributed by atoms with Gasteiger partial charge in [0, 0.05) is 43.5 Å². The van der Waals surface area contributed by atoms with Gasteiger partial charge in [0.1, 0.15) is 0 Å². The summed E-state index contributed by atoms with van der Waals surface area (Å²) in [6.07, 6.45) is 14.1. The molecule has 0 N–H and O–H groups in total. The average Bonchev–Trinajstić information content (AvgIpc) is 3.36. The van der Waals surface area contributed by atoms with Gasteiger partial charge in [-0.2, -0.15) is 0 Å². The average molecular weight is 511 g/mol. The van der Waals surface area contributed by atoms with Crippen molar-refractivity contribution in [3.8, 4) is 0 Å². The van der Waals surface area contributed by atoms with Gasteiger partial charge in [-0.15, -0.1) is 5.10 Å². The highest BCUT2D eigenvalue weighted by Crippen LogP contribution is 2.24. The van der Waals surface area contributed by atoms with Crippen LogP contribution in [0.25, 0.3) is 12.2 Å². The van der Waals surface area contributed by atoms with Gasteiger partial charge in [0.2, 0.25) is 0 Å². The molecule has 0 saturated carbocycles. The fraction of sp³-hybridized carbons (Fsp3) is 0.424. The number of rotatable bonds is 12. The molecular formula is C33H42N4O. The van der Waals surface area contributed by atoms with E-state index >= 15 is 0 Å². The molecule has 0 aliphatic carbocycles. The molecule has 2 aromatic carbocycles. The Morgan fingerprint density at radius 1 is 0.763 bits per heavy atom. The number of likely N-dealkylation sites (tertiary alicyclic amines) is 1. The number of hydrogen-bond acceptors (Lipinski definition) is 4. The summed E-state index contributed by atoms with van der Waals surface area (Å²) in [4.78, 5) is 15.9. The summed E-state index contributed by atoms with van der Waals surface area (Å²) in [5.74, 6) is 0.139. The van der Waals surface area contributed by atoms with E-state index < -0.39 is 0 Å². The molecule has 1 saturated heterocycles. The third kappa shape index (κ3) is 7.84. The molecule has 5 heteroatoms. The van der Waals surface area contributed by atoms with Gasteiger partial charge in [-0.1, -0.05) is 100 Å². The van der Waals surface area contributed by atoms with E-state index in [1.807, 2.05) is 4.68 Å². The molecule has 4 rings (SSSR count). The van der Waals surface area contributed by atoms with Gasteiger partial charge in [0.05, 0.1) is 5.69 Å². The number of hydrogen-bond donors (Lipinski definition) is 0. The maximum atomic E-state index is 13.6. The second-order valence-electron chi connectivity index (χ2n) is 10.5. The van der Waals surface area contributed by atoms with Crippen LogP contribution in [0.4, 0.5) is 0 Å². The summed E-state index contributed by atoms with van der Waals surface area (Å²) in [5.41, 5.74) is 7.40. The largest absolute Gasteiger partial charge is 0.289 e. The Kier molecular flexibility index (Phi) is 10.2. The van der Waals surface area contributed by atoms with E-state index in [0.29, 0.717) is 19.6 Å². The monoisotopic (exact) mass is 510 g/mol. The third-order valence-corrected chi connectivity index (χ3v) is 7.05. The number of nitrogens with zero attached hydrogens (tertiary/aromatic N) is 4. The van der Waals surface area contributed by atoms with Crippen LogP contribution in [0.1, 0.15) is 80.8 Å². The van der Waals surface area contributed by atoms with E-state index in [2.05, 4.69) is 103 Å². The van der Waals surface area contributed by atoms with E-state index in [4.69, 9.17) is 0 Å². The van der Waals surface area contributed by atoms with Crippen LogP contribution in [0.3, 0.4) is 0 Å². The first-order chi connectivity index (χ1) is 18.6. The van der Waals surface area contributed by atoms with Crippen molar-refractivity contribution in [3.63, 3.8) is 0 Å². The lowest BCUT2D eigenvalue weighted by Crippen LogP contribution is -2.37. The number of Topliss-reactive ketones (excluding diaryl/α,β-unsaturated/α-hetero) is 1. The number of aryl methyl sites for hydroxylation is 3. The number of aromatic nitrogens is 3. The fourth-order valence-corrected chi connectivity index (χ4v) is 5.04. The van der Waals surface area contributed by atoms with Crippen LogP contribution in [0, 0.1) is 0 Å². The van der Waals surface area contributed by atoms with Crippen molar-refractivity contribution in [2.24, 2.45) is 0 Å². The van der Waals surface area contributed by atoms with E-state index in [1.54, 1.807) is 0 Å². The quantitative estimate of drug-likeness (QED) is 0.196. The smallest absolute Gasteiger partial charge is 0.187 e. The molecule has 0 unspecified atom stereocenters. The molecule has 1 fully saturated rings. The standard InChI is InChI=1S/C33H42N4O/c1-4-7-8-19-37-25-32(34-35-37)24-36-22-30(20-28-15-11-26(9-5-2)12-16-28)33(38)31(23-36)21-29-17-13-27(10-6-3)14-18-29/h11-18,20-21,25H,4-10,19,22-24H2,1-3H3/b30-20-,31-21+. The number of benzene rings is 2. The molecule has 0 atom stereocenters. The van der Waals surface area contributed by atoms with Crippen LogP contribution in [-0.4, -0.2) is 38.8 Å².